The van der Waals surface area contributed by atoms with E-state index in [1.54, 1.807) is 0 Å². The number of rotatable bonds is 1. The molecule has 15 heavy (non-hydrogen) atoms. The summed E-state index contributed by atoms with van der Waals surface area (Å²) < 4.78 is 1.10. The molecular formula is C12H15BrN2. The Hall–Kier alpha value is -0.570. The molecule has 1 saturated carbocycles. The van der Waals surface area contributed by atoms with E-state index in [0.717, 1.165) is 10.3 Å². The zero-order chi connectivity index (χ0) is 10.5. The van der Waals surface area contributed by atoms with Gasteiger partial charge >= 0.3 is 0 Å². The molecule has 1 aromatic heterocycles. The summed E-state index contributed by atoms with van der Waals surface area (Å²) in [5.41, 5.74) is 1.96. The van der Waals surface area contributed by atoms with E-state index in [-0.39, 0.29) is 0 Å². The molecule has 0 radical (unpaired) electrons. The van der Waals surface area contributed by atoms with E-state index >= 15 is 0 Å². The first-order valence-corrected chi connectivity index (χ1v) is 6.35. The van der Waals surface area contributed by atoms with Crippen LogP contribution in [-0.2, 0) is 0 Å². The van der Waals surface area contributed by atoms with Crippen LogP contribution in [0.5, 0.6) is 0 Å². The highest BCUT2D eigenvalue weighted by Gasteiger charge is 2.47. The predicted octanol–water partition coefficient (Wildman–Crippen LogP) is 3.14. The van der Waals surface area contributed by atoms with Gasteiger partial charge in [-0.25, -0.2) is 4.98 Å². The Morgan fingerprint density at radius 2 is 2.13 bits per heavy atom. The van der Waals surface area contributed by atoms with Gasteiger partial charge < -0.3 is 4.90 Å². The molecule has 2 heterocycles. The van der Waals surface area contributed by atoms with Crippen molar-refractivity contribution in [2.75, 3.05) is 18.0 Å². The molecule has 1 saturated heterocycles. The topological polar surface area (TPSA) is 16.1 Å². The molecular weight excluding hydrogens is 252 g/mol. The van der Waals surface area contributed by atoms with Crippen LogP contribution in [0.1, 0.15) is 24.8 Å². The Morgan fingerprint density at radius 3 is 2.67 bits per heavy atom. The zero-order valence-electron chi connectivity index (χ0n) is 8.96. The Labute approximate surface area is 98.8 Å². The van der Waals surface area contributed by atoms with Gasteiger partial charge in [0.05, 0.1) is 0 Å². The second-order valence-electron chi connectivity index (χ2n) is 5.00. The van der Waals surface area contributed by atoms with E-state index in [1.807, 2.05) is 6.20 Å². The first kappa shape index (κ1) is 9.64. The van der Waals surface area contributed by atoms with Gasteiger partial charge in [0, 0.05) is 29.2 Å². The third-order valence-corrected chi connectivity index (χ3v) is 4.65. The van der Waals surface area contributed by atoms with Crippen LogP contribution in [0.2, 0.25) is 0 Å². The van der Waals surface area contributed by atoms with E-state index in [2.05, 4.69) is 38.8 Å². The van der Waals surface area contributed by atoms with E-state index in [4.69, 9.17) is 0 Å². The summed E-state index contributed by atoms with van der Waals surface area (Å²) in [6.45, 7) is 4.57. The van der Waals surface area contributed by atoms with Gasteiger partial charge in [-0.15, -0.1) is 0 Å². The van der Waals surface area contributed by atoms with Crippen molar-refractivity contribution < 1.29 is 0 Å². The van der Waals surface area contributed by atoms with Gasteiger partial charge in [0.2, 0.25) is 0 Å². The fraction of sp³-hybridized carbons (Fsp3) is 0.583. The Bertz CT molecular complexity index is 391. The maximum absolute atomic E-state index is 4.46. The lowest BCUT2D eigenvalue weighted by molar-refractivity contribution is 0.0896. The summed E-state index contributed by atoms with van der Waals surface area (Å²) in [6.07, 6.45) is 6.20. The van der Waals surface area contributed by atoms with Gasteiger partial charge in [-0.2, -0.15) is 0 Å². The zero-order valence-corrected chi connectivity index (χ0v) is 10.5. The van der Waals surface area contributed by atoms with Crippen LogP contribution >= 0.6 is 15.9 Å². The van der Waals surface area contributed by atoms with Gasteiger partial charge in [0.15, 0.2) is 0 Å². The third-order valence-electron chi connectivity index (χ3n) is 3.82. The molecule has 0 bridgehead atoms. The number of aromatic nitrogens is 1. The molecule has 1 aliphatic carbocycles. The van der Waals surface area contributed by atoms with Gasteiger partial charge in [0.25, 0.3) is 0 Å². The number of nitrogens with zero attached hydrogens (tertiary/aromatic N) is 2. The van der Waals surface area contributed by atoms with Gasteiger partial charge in [-0.1, -0.05) is 6.42 Å². The molecule has 1 aliphatic heterocycles. The van der Waals surface area contributed by atoms with Crippen LogP contribution in [0.4, 0.5) is 5.82 Å². The molecule has 0 aromatic carbocycles. The monoisotopic (exact) mass is 266 g/mol. The average molecular weight is 267 g/mol. The summed E-state index contributed by atoms with van der Waals surface area (Å²) in [5, 5.41) is 0. The maximum atomic E-state index is 4.46. The summed E-state index contributed by atoms with van der Waals surface area (Å²) >= 11 is 3.48. The molecule has 1 aromatic rings. The minimum atomic E-state index is 0.683. The average Bonchev–Trinajstić information content (AvgIpc) is 2.06. The molecule has 0 unspecified atom stereocenters. The molecule has 2 aliphatic rings. The lowest BCUT2D eigenvalue weighted by Gasteiger charge is -2.56. The van der Waals surface area contributed by atoms with Crippen molar-refractivity contribution in [2.45, 2.75) is 26.2 Å². The molecule has 0 N–H and O–H groups in total. The van der Waals surface area contributed by atoms with E-state index in [1.165, 1.54) is 37.9 Å². The highest BCUT2D eigenvalue weighted by Crippen LogP contribution is 2.49. The highest BCUT2D eigenvalue weighted by atomic mass is 79.9. The van der Waals surface area contributed by atoms with Crippen molar-refractivity contribution in [1.29, 1.82) is 0 Å². The third kappa shape index (κ3) is 1.48. The smallest absolute Gasteiger partial charge is 0.128 e. The summed E-state index contributed by atoms with van der Waals surface area (Å²) in [4.78, 5) is 6.87. The fourth-order valence-electron chi connectivity index (χ4n) is 2.62. The van der Waals surface area contributed by atoms with Gasteiger partial charge in [-0.3, -0.25) is 0 Å². The summed E-state index contributed by atoms with van der Waals surface area (Å²) in [5.74, 6) is 1.15. The molecule has 0 atom stereocenters. The van der Waals surface area contributed by atoms with Crippen LogP contribution in [0.3, 0.4) is 0 Å². The number of aryl methyl sites for hydroxylation is 1. The second kappa shape index (κ2) is 3.21. The molecule has 3 heteroatoms. The van der Waals surface area contributed by atoms with Crippen molar-refractivity contribution in [3.8, 4) is 0 Å². The van der Waals surface area contributed by atoms with Crippen molar-refractivity contribution >= 4 is 21.7 Å². The van der Waals surface area contributed by atoms with Crippen molar-refractivity contribution in [3.05, 3.63) is 22.3 Å². The Morgan fingerprint density at radius 1 is 1.40 bits per heavy atom. The molecule has 0 amide bonds. The molecule has 1 spiro atoms. The van der Waals surface area contributed by atoms with Crippen LogP contribution in [0.15, 0.2) is 16.7 Å². The van der Waals surface area contributed by atoms with Crippen LogP contribution < -0.4 is 4.90 Å². The number of pyridine rings is 1. The summed E-state index contributed by atoms with van der Waals surface area (Å²) in [7, 11) is 0. The maximum Gasteiger partial charge on any atom is 0.128 e. The van der Waals surface area contributed by atoms with Crippen LogP contribution in [0, 0.1) is 12.3 Å². The predicted molar refractivity (Wildman–Crippen MR) is 65.2 cm³/mol. The summed E-state index contributed by atoms with van der Waals surface area (Å²) in [6, 6.07) is 2.18. The Kier molecular flexibility index (Phi) is 2.06. The van der Waals surface area contributed by atoms with Crippen LogP contribution in [-0.4, -0.2) is 18.1 Å². The lowest BCUT2D eigenvalue weighted by Crippen LogP contribution is -2.60. The van der Waals surface area contributed by atoms with Crippen molar-refractivity contribution in [1.82, 2.24) is 4.98 Å². The largest absolute Gasteiger partial charge is 0.355 e. The molecule has 2 nitrogen and oxygen atoms in total. The standard InChI is InChI=1S/C12H15BrN2/c1-9-5-11(14-6-10(9)13)15-7-12(8-15)3-2-4-12/h5-6H,2-4,7-8H2,1H3. The van der Waals surface area contributed by atoms with E-state index < -0.39 is 0 Å². The van der Waals surface area contributed by atoms with E-state index in [9.17, 15) is 0 Å². The second-order valence-corrected chi connectivity index (χ2v) is 5.86. The van der Waals surface area contributed by atoms with Crippen LogP contribution in [0.25, 0.3) is 0 Å². The number of hydrogen-bond donors (Lipinski definition) is 0. The first-order chi connectivity index (χ1) is 7.19. The first-order valence-electron chi connectivity index (χ1n) is 5.56. The van der Waals surface area contributed by atoms with Gasteiger partial charge in [-0.05, 0) is 47.3 Å². The van der Waals surface area contributed by atoms with E-state index in [0.29, 0.717) is 5.41 Å². The fourth-order valence-corrected chi connectivity index (χ4v) is 2.83. The number of halogens is 1. The van der Waals surface area contributed by atoms with Crippen molar-refractivity contribution in [3.63, 3.8) is 0 Å². The number of anilines is 1. The normalized spacial score (nSPS) is 22.4. The highest BCUT2D eigenvalue weighted by molar-refractivity contribution is 9.10. The SMILES string of the molecule is Cc1cc(N2CC3(CCC3)C2)ncc1Br. The van der Waals surface area contributed by atoms with Crippen molar-refractivity contribution in [2.24, 2.45) is 5.41 Å². The Balaban J connectivity index is 1.75. The lowest BCUT2D eigenvalue weighted by atomic mass is 9.63. The minimum absolute atomic E-state index is 0.683. The quantitative estimate of drug-likeness (QED) is 0.777. The minimum Gasteiger partial charge on any atom is -0.355 e. The molecule has 3 rings (SSSR count). The molecule has 2 fully saturated rings. The van der Waals surface area contributed by atoms with Gasteiger partial charge in [0.1, 0.15) is 5.82 Å². The molecule has 80 valence electrons. The number of hydrogen-bond acceptors (Lipinski definition) is 2.